The highest BCUT2D eigenvalue weighted by Gasteiger charge is 2.17. The maximum Gasteiger partial charge on any atom is 0.371 e. The molecule has 0 aliphatic heterocycles. The van der Waals surface area contributed by atoms with Gasteiger partial charge in [0.1, 0.15) is 29.5 Å². The number of primary amides is 1. The molecular weight excluding hydrogens is 281 g/mol. The molecule has 110 valence electrons. The number of amides is 1. The number of furan rings is 1. The molecule has 1 heterocycles. The van der Waals surface area contributed by atoms with Gasteiger partial charge in [0.05, 0.1) is 0 Å². The fourth-order valence-electron chi connectivity index (χ4n) is 1.79. The monoisotopic (exact) mass is 293 g/mol. The molecule has 0 saturated carbocycles. The zero-order valence-corrected chi connectivity index (χ0v) is 11.1. The normalized spacial score (nSPS) is 10.4. The van der Waals surface area contributed by atoms with Crippen molar-refractivity contribution in [1.82, 2.24) is 0 Å². The molecule has 0 bridgehead atoms. The molecule has 0 unspecified atom stereocenters. The van der Waals surface area contributed by atoms with E-state index in [4.69, 9.17) is 20.0 Å². The zero-order chi connectivity index (χ0) is 15.6. The van der Waals surface area contributed by atoms with Crippen molar-refractivity contribution in [3.8, 4) is 5.75 Å². The van der Waals surface area contributed by atoms with Crippen LogP contribution in [0, 0.1) is 12.7 Å². The SMILES string of the molecule is Cc1oc(C(=O)O)cc1COc1cccc(F)c1C(N)=O. The average molecular weight is 293 g/mol. The number of carbonyl (C=O) groups is 2. The van der Waals surface area contributed by atoms with Gasteiger partial charge in [0.25, 0.3) is 5.91 Å². The first-order chi connectivity index (χ1) is 9.90. The molecule has 0 aliphatic rings. The van der Waals surface area contributed by atoms with Gasteiger partial charge < -0.3 is 20.0 Å². The van der Waals surface area contributed by atoms with Crippen LogP contribution >= 0.6 is 0 Å². The van der Waals surface area contributed by atoms with Gasteiger partial charge in [0.15, 0.2) is 0 Å². The molecule has 0 spiro atoms. The maximum absolute atomic E-state index is 13.5. The second-order valence-corrected chi connectivity index (χ2v) is 4.26. The van der Waals surface area contributed by atoms with Crippen molar-refractivity contribution in [2.75, 3.05) is 0 Å². The lowest BCUT2D eigenvalue weighted by Gasteiger charge is -2.09. The van der Waals surface area contributed by atoms with Crippen LogP contribution in [0.5, 0.6) is 5.75 Å². The standard InChI is InChI=1S/C14H12FNO5/c1-7-8(5-11(21-7)14(18)19)6-20-10-4-2-3-9(15)12(10)13(16)17/h2-5H,6H2,1H3,(H2,16,17)(H,18,19). The number of carboxylic acids is 1. The largest absolute Gasteiger partial charge is 0.488 e. The molecule has 0 saturated heterocycles. The Bertz CT molecular complexity index is 707. The van der Waals surface area contributed by atoms with Gasteiger partial charge in [-0.05, 0) is 25.1 Å². The summed E-state index contributed by atoms with van der Waals surface area (Å²) < 4.78 is 23.9. The Morgan fingerprint density at radius 1 is 1.43 bits per heavy atom. The molecule has 0 fully saturated rings. The highest BCUT2D eigenvalue weighted by Crippen LogP contribution is 2.23. The third-order valence-electron chi connectivity index (χ3n) is 2.84. The fourth-order valence-corrected chi connectivity index (χ4v) is 1.79. The van der Waals surface area contributed by atoms with Crippen LogP contribution in [-0.2, 0) is 6.61 Å². The molecule has 6 nitrogen and oxygen atoms in total. The number of aryl methyl sites for hydroxylation is 1. The molecule has 1 aromatic carbocycles. The van der Waals surface area contributed by atoms with Crippen LogP contribution in [-0.4, -0.2) is 17.0 Å². The summed E-state index contributed by atoms with van der Waals surface area (Å²) in [5, 5.41) is 8.82. The van der Waals surface area contributed by atoms with Gasteiger partial charge in [-0.1, -0.05) is 6.07 Å². The first-order valence-corrected chi connectivity index (χ1v) is 5.94. The van der Waals surface area contributed by atoms with Crippen molar-refractivity contribution in [3.05, 3.63) is 52.7 Å². The van der Waals surface area contributed by atoms with Crippen molar-refractivity contribution in [1.29, 1.82) is 0 Å². The summed E-state index contributed by atoms with van der Waals surface area (Å²) in [4.78, 5) is 22.0. The summed E-state index contributed by atoms with van der Waals surface area (Å²) in [6.45, 7) is 1.50. The highest BCUT2D eigenvalue weighted by molar-refractivity contribution is 5.95. The van der Waals surface area contributed by atoms with E-state index in [1.807, 2.05) is 0 Å². The Hall–Kier alpha value is -2.83. The summed E-state index contributed by atoms with van der Waals surface area (Å²) in [5.41, 5.74) is 5.23. The number of aromatic carboxylic acids is 1. The summed E-state index contributed by atoms with van der Waals surface area (Å²) >= 11 is 0. The molecule has 0 aliphatic carbocycles. The van der Waals surface area contributed by atoms with E-state index in [2.05, 4.69) is 0 Å². The van der Waals surface area contributed by atoms with Gasteiger partial charge in [-0.15, -0.1) is 0 Å². The topological polar surface area (TPSA) is 103 Å². The van der Waals surface area contributed by atoms with Crippen LogP contribution < -0.4 is 10.5 Å². The van der Waals surface area contributed by atoms with Gasteiger partial charge in [0.2, 0.25) is 5.76 Å². The third-order valence-corrected chi connectivity index (χ3v) is 2.84. The zero-order valence-electron chi connectivity index (χ0n) is 11.1. The van der Waals surface area contributed by atoms with Crippen LogP contribution in [0.25, 0.3) is 0 Å². The molecular formula is C14H12FNO5. The lowest BCUT2D eigenvalue weighted by molar-refractivity contribution is 0.0660. The first kappa shape index (κ1) is 14.6. The van der Waals surface area contributed by atoms with Gasteiger partial charge in [0, 0.05) is 5.56 Å². The number of carboxylic acid groups (broad SMARTS) is 1. The molecule has 7 heteroatoms. The molecule has 2 aromatic rings. The third kappa shape index (κ3) is 3.02. The Labute approximate surface area is 118 Å². The number of benzene rings is 1. The Morgan fingerprint density at radius 3 is 2.71 bits per heavy atom. The lowest BCUT2D eigenvalue weighted by atomic mass is 10.1. The van der Waals surface area contributed by atoms with E-state index >= 15 is 0 Å². The molecule has 0 atom stereocenters. The molecule has 2 rings (SSSR count). The summed E-state index contributed by atoms with van der Waals surface area (Å²) in [6.07, 6.45) is 0. The van der Waals surface area contributed by atoms with E-state index in [0.29, 0.717) is 11.3 Å². The minimum atomic E-state index is -1.20. The first-order valence-electron chi connectivity index (χ1n) is 5.94. The van der Waals surface area contributed by atoms with Crippen LogP contribution in [0.3, 0.4) is 0 Å². The molecule has 1 aromatic heterocycles. The quantitative estimate of drug-likeness (QED) is 0.878. The van der Waals surface area contributed by atoms with Gasteiger partial charge in [-0.25, -0.2) is 9.18 Å². The summed E-state index contributed by atoms with van der Waals surface area (Å²) in [6, 6.07) is 5.18. The van der Waals surface area contributed by atoms with Crippen LogP contribution in [0.4, 0.5) is 4.39 Å². The van der Waals surface area contributed by atoms with Crippen LogP contribution in [0.15, 0.2) is 28.7 Å². The number of rotatable bonds is 5. The highest BCUT2D eigenvalue weighted by atomic mass is 19.1. The van der Waals surface area contributed by atoms with Crippen molar-refractivity contribution >= 4 is 11.9 Å². The predicted octanol–water partition coefficient (Wildman–Crippen LogP) is 2.10. The van der Waals surface area contributed by atoms with E-state index in [1.165, 1.54) is 18.2 Å². The van der Waals surface area contributed by atoms with Crippen molar-refractivity contribution in [2.45, 2.75) is 13.5 Å². The summed E-state index contributed by atoms with van der Waals surface area (Å²) in [7, 11) is 0. The molecule has 0 radical (unpaired) electrons. The van der Waals surface area contributed by atoms with Crippen LogP contribution in [0.2, 0.25) is 0 Å². The average Bonchev–Trinajstić information content (AvgIpc) is 2.77. The molecule has 3 N–H and O–H groups in total. The number of hydrogen-bond acceptors (Lipinski definition) is 4. The number of halogens is 1. The second kappa shape index (κ2) is 5.66. The van der Waals surface area contributed by atoms with Crippen molar-refractivity contribution < 1.29 is 28.2 Å². The number of hydrogen-bond donors (Lipinski definition) is 2. The van der Waals surface area contributed by atoms with E-state index in [0.717, 1.165) is 6.07 Å². The van der Waals surface area contributed by atoms with Crippen LogP contribution in [0.1, 0.15) is 32.2 Å². The minimum absolute atomic E-state index is 0.0139. The van der Waals surface area contributed by atoms with E-state index < -0.39 is 17.7 Å². The maximum atomic E-state index is 13.5. The van der Waals surface area contributed by atoms with Crippen molar-refractivity contribution in [3.63, 3.8) is 0 Å². The van der Waals surface area contributed by atoms with Crippen molar-refractivity contribution in [2.24, 2.45) is 5.73 Å². The number of carbonyl (C=O) groups excluding carboxylic acids is 1. The minimum Gasteiger partial charge on any atom is -0.488 e. The Morgan fingerprint density at radius 2 is 2.14 bits per heavy atom. The van der Waals surface area contributed by atoms with Gasteiger partial charge in [-0.3, -0.25) is 4.79 Å². The summed E-state index contributed by atoms with van der Waals surface area (Å²) in [5.74, 6) is -2.80. The van der Waals surface area contributed by atoms with E-state index in [-0.39, 0.29) is 23.7 Å². The Kier molecular flexibility index (Phi) is 3.93. The second-order valence-electron chi connectivity index (χ2n) is 4.26. The van der Waals surface area contributed by atoms with Gasteiger partial charge in [-0.2, -0.15) is 0 Å². The van der Waals surface area contributed by atoms with Gasteiger partial charge >= 0.3 is 5.97 Å². The molecule has 21 heavy (non-hydrogen) atoms. The Balaban J connectivity index is 2.23. The molecule has 1 amide bonds. The van der Waals surface area contributed by atoms with E-state index in [1.54, 1.807) is 6.92 Å². The smallest absolute Gasteiger partial charge is 0.371 e. The number of nitrogens with two attached hydrogens (primary N) is 1. The number of ether oxygens (including phenoxy) is 1. The van der Waals surface area contributed by atoms with E-state index in [9.17, 15) is 14.0 Å². The fraction of sp³-hybridized carbons (Fsp3) is 0.143. The predicted molar refractivity (Wildman–Crippen MR) is 69.7 cm³/mol. The lowest BCUT2D eigenvalue weighted by Crippen LogP contribution is -2.15.